The lowest BCUT2D eigenvalue weighted by Gasteiger charge is -2.04. The van der Waals surface area contributed by atoms with Crippen LogP contribution in [-0.2, 0) is 16.4 Å². The first kappa shape index (κ1) is 19.5. The zero-order chi connectivity index (χ0) is 19.6. The molecule has 0 spiro atoms. The van der Waals surface area contributed by atoms with Gasteiger partial charge in [0.15, 0.2) is 9.84 Å². The summed E-state index contributed by atoms with van der Waals surface area (Å²) >= 11 is 7.44. The minimum atomic E-state index is -3.28. The fourth-order valence-electron chi connectivity index (χ4n) is 2.51. The highest BCUT2D eigenvalue weighted by atomic mass is 35.5. The number of thiazole rings is 1. The lowest BCUT2D eigenvalue weighted by atomic mass is 10.1. The van der Waals surface area contributed by atoms with Crippen molar-refractivity contribution < 1.29 is 13.2 Å². The Morgan fingerprint density at radius 3 is 2.33 bits per heavy atom. The van der Waals surface area contributed by atoms with E-state index in [9.17, 15) is 13.2 Å². The Balaban J connectivity index is 1.69. The van der Waals surface area contributed by atoms with Gasteiger partial charge in [-0.15, -0.1) is 11.3 Å². The molecule has 1 aromatic heterocycles. The summed E-state index contributed by atoms with van der Waals surface area (Å²) in [5.74, 6) is -0.282. The van der Waals surface area contributed by atoms with E-state index in [1.54, 1.807) is 0 Å². The second kappa shape index (κ2) is 7.80. The number of nitrogens with one attached hydrogen (secondary N) is 1. The largest absolute Gasteiger partial charge is 0.346 e. The maximum absolute atomic E-state index is 12.3. The predicted octanol–water partition coefficient (Wildman–Crippen LogP) is 4.11. The van der Waals surface area contributed by atoms with Crippen molar-refractivity contribution in [1.82, 2.24) is 10.3 Å². The van der Waals surface area contributed by atoms with Crippen LogP contribution < -0.4 is 5.32 Å². The lowest BCUT2D eigenvalue weighted by Crippen LogP contribution is -2.22. The molecule has 0 bridgehead atoms. The van der Waals surface area contributed by atoms with Gasteiger partial charge < -0.3 is 5.32 Å². The lowest BCUT2D eigenvalue weighted by molar-refractivity contribution is 0.0951. The summed E-state index contributed by atoms with van der Waals surface area (Å²) < 4.78 is 23.0. The van der Waals surface area contributed by atoms with Gasteiger partial charge in [-0.05, 0) is 43.3 Å². The van der Waals surface area contributed by atoms with Crippen molar-refractivity contribution in [1.29, 1.82) is 0 Å². The molecule has 0 aliphatic rings. The van der Waals surface area contributed by atoms with Crippen LogP contribution in [0.2, 0.25) is 5.02 Å². The summed E-state index contributed by atoms with van der Waals surface area (Å²) in [5.41, 5.74) is 2.24. The van der Waals surface area contributed by atoms with Gasteiger partial charge in [0.1, 0.15) is 5.01 Å². The number of carbonyl (C=O) groups excluding carboxylic acids is 1. The van der Waals surface area contributed by atoms with Crippen molar-refractivity contribution in [2.45, 2.75) is 18.4 Å². The van der Waals surface area contributed by atoms with Gasteiger partial charge in [0.05, 0.1) is 17.1 Å². The second-order valence-corrected chi connectivity index (χ2v) is 9.74. The summed E-state index contributed by atoms with van der Waals surface area (Å²) in [4.78, 5) is 18.1. The maximum atomic E-state index is 12.3. The molecule has 0 aliphatic carbocycles. The molecule has 0 fully saturated rings. The second-order valence-electron chi connectivity index (χ2n) is 6.00. The van der Waals surface area contributed by atoms with Gasteiger partial charge in [-0.1, -0.05) is 23.7 Å². The molecule has 1 amide bonds. The Bertz CT molecular complexity index is 1070. The summed E-state index contributed by atoms with van der Waals surface area (Å²) in [5, 5.41) is 4.27. The third kappa shape index (κ3) is 4.74. The average molecular weight is 421 g/mol. The van der Waals surface area contributed by atoms with Crippen molar-refractivity contribution in [2.24, 2.45) is 0 Å². The topological polar surface area (TPSA) is 76.1 Å². The number of benzene rings is 2. The molecule has 0 radical (unpaired) electrons. The zero-order valence-electron chi connectivity index (χ0n) is 14.7. The fourth-order valence-corrected chi connectivity index (χ4v) is 4.17. The number of halogens is 1. The summed E-state index contributed by atoms with van der Waals surface area (Å²) in [7, 11) is -3.28. The summed E-state index contributed by atoms with van der Waals surface area (Å²) in [6, 6.07) is 13.3. The Hall–Kier alpha value is -2.22. The van der Waals surface area contributed by atoms with Gasteiger partial charge in [0.25, 0.3) is 5.91 Å². The van der Waals surface area contributed by atoms with E-state index < -0.39 is 9.84 Å². The van der Waals surface area contributed by atoms with E-state index in [1.165, 1.54) is 35.6 Å². The minimum absolute atomic E-state index is 0.183. The van der Waals surface area contributed by atoms with Crippen LogP contribution in [0.4, 0.5) is 0 Å². The van der Waals surface area contributed by atoms with Gasteiger partial charge in [-0.2, -0.15) is 0 Å². The van der Waals surface area contributed by atoms with Crippen LogP contribution in [0.15, 0.2) is 53.4 Å². The van der Waals surface area contributed by atoms with Crippen LogP contribution in [0.3, 0.4) is 0 Å². The highest BCUT2D eigenvalue weighted by molar-refractivity contribution is 7.90. The molecule has 0 saturated heterocycles. The highest BCUT2D eigenvalue weighted by Crippen LogP contribution is 2.28. The molecule has 140 valence electrons. The highest BCUT2D eigenvalue weighted by Gasteiger charge is 2.13. The number of amides is 1. The van der Waals surface area contributed by atoms with Crippen molar-refractivity contribution >= 4 is 38.7 Å². The Morgan fingerprint density at radius 2 is 1.74 bits per heavy atom. The third-order valence-corrected chi connectivity index (χ3v) is 6.25. The standard InChI is InChI=1S/C19H17ClN2O3S2/c1-12-18(13-3-7-15(20)8-4-13)22-17(26-12)11-21-19(23)14-5-9-16(10-6-14)27(2,24)25/h3-10H,11H2,1-2H3,(H,21,23). The first-order chi connectivity index (χ1) is 12.7. The Kier molecular flexibility index (Phi) is 5.64. The van der Waals surface area contributed by atoms with Crippen LogP contribution >= 0.6 is 22.9 Å². The van der Waals surface area contributed by atoms with E-state index in [0.717, 1.165) is 27.4 Å². The summed E-state index contributed by atoms with van der Waals surface area (Å²) in [6.45, 7) is 2.28. The van der Waals surface area contributed by atoms with Gasteiger partial charge in [-0.25, -0.2) is 13.4 Å². The van der Waals surface area contributed by atoms with Crippen LogP contribution in [0.1, 0.15) is 20.2 Å². The number of rotatable bonds is 5. The number of aryl methyl sites for hydroxylation is 1. The van der Waals surface area contributed by atoms with Crippen molar-refractivity contribution in [2.75, 3.05) is 6.26 Å². The molecule has 8 heteroatoms. The molecular formula is C19H17ClN2O3S2. The molecule has 2 aromatic carbocycles. The van der Waals surface area contributed by atoms with E-state index in [0.29, 0.717) is 17.1 Å². The molecule has 0 saturated carbocycles. The normalized spacial score (nSPS) is 11.4. The number of hydrogen-bond donors (Lipinski definition) is 1. The Labute approximate surface area is 167 Å². The Morgan fingerprint density at radius 1 is 1.11 bits per heavy atom. The number of sulfone groups is 1. The molecular weight excluding hydrogens is 404 g/mol. The molecule has 1 N–H and O–H groups in total. The van der Waals surface area contributed by atoms with Crippen LogP contribution in [-0.4, -0.2) is 25.6 Å². The van der Waals surface area contributed by atoms with E-state index in [4.69, 9.17) is 11.6 Å². The quantitative estimate of drug-likeness (QED) is 0.674. The van der Waals surface area contributed by atoms with E-state index in [1.807, 2.05) is 31.2 Å². The van der Waals surface area contributed by atoms with E-state index in [2.05, 4.69) is 10.3 Å². The van der Waals surface area contributed by atoms with Gasteiger partial charge in [0.2, 0.25) is 0 Å². The van der Waals surface area contributed by atoms with Crippen molar-refractivity contribution in [3.8, 4) is 11.3 Å². The zero-order valence-corrected chi connectivity index (χ0v) is 17.1. The van der Waals surface area contributed by atoms with Gasteiger partial charge in [-0.3, -0.25) is 4.79 Å². The van der Waals surface area contributed by atoms with Gasteiger partial charge >= 0.3 is 0 Å². The molecule has 1 heterocycles. The number of hydrogen-bond acceptors (Lipinski definition) is 5. The molecule has 27 heavy (non-hydrogen) atoms. The minimum Gasteiger partial charge on any atom is -0.346 e. The maximum Gasteiger partial charge on any atom is 0.251 e. The van der Waals surface area contributed by atoms with E-state index >= 15 is 0 Å². The van der Waals surface area contributed by atoms with Crippen LogP contribution in [0, 0.1) is 6.92 Å². The first-order valence-electron chi connectivity index (χ1n) is 8.04. The van der Waals surface area contributed by atoms with Crippen molar-refractivity contribution in [3.63, 3.8) is 0 Å². The molecule has 5 nitrogen and oxygen atoms in total. The fraction of sp³-hybridized carbons (Fsp3) is 0.158. The molecule has 3 rings (SSSR count). The summed E-state index contributed by atoms with van der Waals surface area (Å²) in [6.07, 6.45) is 1.13. The SMILES string of the molecule is Cc1sc(CNC(=O)c2ccc(S(C)(=O)=O)cc2)nc1-c1ccc(Cl)cc1. The predicted molar refractivity (Wildman–Crippen MR) is 108 cm³/mol. The van der Waals surface area contributed by atoms with Crippen LogP contribution in [0.25, 0.3) is 11.3 Å². The molecule has 3 aromatic rings. The smallest absolute Gasteiger partial charge is 0.251 e. The number of aromatic nitrogens is 1. The number of nitrogens with zero attached hydrogens (tertiary/aromatic N) is 1. The van der Waals surface area contributed by atoms with Crippen LogP contribution in [0.5, 0.6) is 0 Å². The molecule has 0 aliphatic heterocycles. The monoisotopic (exact) mass is 420 g/mol. The first-order valence-corrected chi connectivity index (χ1v) is 11.1. The third-order valence-electron chi connectivity index (χ3n) is 3.90. The molecule has 0 atom stereocenters. The van der Waals surface area contributed by atoms with Gasteiger partial charge in [0, 0.05) is 27.3 Å². The van der Waals surface area contributed by atoms with E-state index in [-0.39, 0.29) is 10.8 Å². The average Bonchev–Trinajstić information content (AvgIpc) is 3.00. The molecule has 0 unspecified atom stereocenters. The van der Waals surface area contributed by atoms with Crippen molar-refractivity contribution in [3.05, 3.63) is 69.0 Å². The number of carbonyl (C=O) groups is 1.